The first-order valence-electron chi connectivity index (χ1n) is 8.34. The van der Waals surface area contributed by atoms with Crippen molar-refractivity contribution in [2.45, 2.75) is 25.3 Å². The van der Waals surface area contributed by atoms with E-state index in [1.54, 1.807) is 23.1 Å². The standard InChI is InChI=1S/C17H19ClN4O4/c18-13-3-1-2-4-15(13)22-11-14(19-20-22)17(25)21(8-5-16(23)24)12-6-9-26-10-7-12/h1-4,11-12H,5-10H2,(H,23,24). The van der Waals surface area contributed by atoms with Crippen molar-refractivity contribution in [2.75, 3.05) is 19.8 Å². The van der Waals surface area contributed by atoms with Crippen LogP contribution >= 0.6 is 11.6 Å². The van der Waals surface area contributed by atoms with Crippen LogP contribution in [0.25, 0.3) is 5.69 Å². The molecule has 0 spiro atoms. The van der Waals surface area contributed by atoms with Crippen molar-refractivity contribution in [2.24, 2.45) is 0 Å². The third kappa shape index (κ3) is 4.20. The third-order valence-electron chi connectivity index (χ3n) is 4.27. The number of rotatable bonds is 6. The fourth-order valence-corrected chi connectivity index (χ4v) is 3.15. The largest absolute Gasteiger partial charge is 0.481 e. The van der Waals surface area contributed by atoms with Gasteiger partial charge in [0.2, 0.25) is 0 Å². The molecule has 1 N–H and O–H groups in total. The van der Waals surface area contributed by atoms with Crippen molar-refractivity contribution in [1.29, 1.82) is 0 Å². The van der Waals surface area contributed by atoms with E-state index in [0.717, 1.165) is 0 Å². The molecule has 9 heteroatoms. The molecule has 3 rings (SSSR count). The molecule has 8 nitrogen and oxygen atoms in total. The van der Waals surface area contributed by atoms with Gasteiger partial charge >= 0.3 is 5.97 Å². The number of hydrogen-bond acceptors (Lipinski definition) is 5. The van der Waals surface area contributed by atoms with Crippen LogP contribution in [0.3, 0.4) is 0 Å². The minimum absolute atomic E-state index is 0.0685. The van der Waals surface area contributed by atoms with Gasteiger partial charge in [-0.15, -0.1) is 5.10 Å². The summed E-state index contributed by atoms with van der Waals surface area (Å²) >= 11 is 6.15. The van der Waals surface area contributed by atoms with Crippen molar-refractivity contribution >= 4 is 23.5 Å². The van der Waals surface area contributed by atoms with E-state index in [-0.39, 0.29) is 30.6 Å². The van der Waals surface area contributed by atoms with Crippen molar-refractivity contribution in [3.8, 4) is 5.69 Å². The van der Waals surface area contributed by atoms with Gasteiger partial charge in [-0.25, -0.2) is 4.68 Å². The van der Waals surface area contributed by atoms with Crippen LogP contribution in [0, 0.1) is 0 Å². The van der Waals surface area contributed by atoms with Gasteiger partial charge in [-0.3, -0.25) is 9.59 Å². The van der Waals surface area contributed by atoms with Gasteiger partial charge in [0.05, 0.1) is 23.3 Å². The molecule has 0 radical (unpaired) electrons. The van der Waals surface area contributed by atoms with Crippen LogP contribution in [0.15, 0.2) is 30.5 Å². The van der Waals surface area contributed by atoms with Crippen molar-refractivity contribution in [1.82, 2.24) is 19.9 Å². The second kappa shape index (κ2) is 8.29. The van der Waals surface area contributed by atoms with Gasteiger partial charge < -0.3 is 14.7 Å². The summed E-state index contributed by atoms with van der Waals surface area (Å²) < 4.78 is 6.77. The number of carbonyl (C=O) groups excluding carboxylic acids is 1. The number of carboxylic acids is 1. The number of ether oxygens (including phenoxy) is 1. The van der Waals surface area contributed by atoms with E-state index in [1.165, 1.54) is 10.9 Å². The molecule has 2 heterocycles. The topological polar surface area (TPSA) is 97.6 Å². The zero-order chi connectivity index (χ0) is 18.5. The number of amides is 1. The van der Waals surface area contributed by atoms with E-state index in [2.05, 4.69) is 10.3 Å². The predicted molar refractivity (Wildman–Crippen MR) is 93.5 cm³/mol. The number of benzene rings is 1. The number of hydrogen-bond donors (Lipinski definition) is 1. The predicted octanol–water partition coefficient (Wildman–Crippen LogP) is 2.02. The molecule has 1 amide bonds. The maximum Gasteiger partial charge on any atom is 0.305 e. The fraction of sp³-hybridized carbons (Fsp3) is 0.412. The average molecular weight is 379 g/mol. The highest BCUT2D eigenvalue weighted by atomic mass is 35.5. The zero-order valence-electron chi connectivity index (χ0n) is 14.0. The highest BCUT2D eigenvalue weighted by Crippen LogP contribution is 2.20. The first-order valence-corrected chi connectivity index (χ1v) is 8.72. The summed E-state index contributed by atoms with van der Waals surface area (Å²) in [5, 5.41) is 17.4. The van der Waals surface area contributed by atoms with Crippen molar-refractivity contribution < 1.29 is 19.4 Å². The summed E-state index contributed by atoms with van der Waals surface area (Å²) in [7, 11) is 0. The Hall–Kier alpha value is -2.45. The minimum atomic E-state index is -0.949. The fourth-order valence-electron chi connectivity index (χ4n) is 2.93. The number of carboxylic acid groups (broad SMARTS) is 1. The molecular weight excluding hydrogens is 360 g/mol. The molecule has 0 bridgehead atoms. The van der Waals surface area contributed by atoms with Crippen LogP contribution in [0.2, 0.25) is 5.02 Å². The summed E-state index contributed by atoms with van der Waals surface area (Å²) in [6, 6.07) is 7.04. The molecule has 0 saturated carbocycles. The number of halogens is 1. The Morgan fingerprint density at radius 1 is 1.31 bits per heavy atom. The number of aliphatic carboxylic acids is 1. The normalized spacial score (nSPS) is 15.0. The van der Waals surface area contributed by atoms with E-state index >= 15 is 0 Å². The number of carbonyl (C=O) groups is 2. The van der Waals surface area contributed by atoms with E-state index in [0.29, 0.717) is 36.8 Å². The molecule has 1 aliphatic rings. The van der Waals surface area contributed by atoms with Gasteiger partial charge in [-0.05, 0) is 25.0 Å². The van der Waals surface area contributed by atoms with Crippen LogP contribution < -0.4 is 0 Å². The van der Waals surface area contributed by atoms with Crippen molar-refractivity contribution in [3.63, 3.8) is 0 Å². The van der Waals surface area contributed by atoms with Gasteiger partial charge in [0, 0.05) is 25.8 Å². The first-order chi connectivity index (χ1) is 12.6. The summed E-state index contributed by atoms with van der Waals surface area (Å²) in [5.74, 6) is -1.29. The lowest BCUT2D eigenvalue weighted by Gasteiger charge is -2.33. The molecule has 1 aromatic carbocycles. The Morgan fingerprint density at radius 2 is 2.04 bits per heavy atom. The van der Waals surface area contributed by atoms with Crippen LogP contribution in [0.5, 0.6) is 0 Å². The molecule has 1 saturated heterocycles. The van der Waals surface area contributed by atoms with E-state index in [9.17, 15) is 9.59 Å². The third-order valence-corrected chi connectivity index (χ3v) is 4.59. The van der Waals surface area contributed by atoms with E-state index in [1.807, 2.05) is 6.07 Å². The number of aromatic nitrogens is 3. The SMILES string of the molecule is O=C(O)CCN(C(=O)c1cn(-c2ccccc2Cl)nn1)C1CCOCC1. The van der Waals surface area contributed by atoms with Crippen molar-refractivity contribution in [3.05, 3.63) is 41.2 Å². The molecule has 2 aromatic rings. The van der Waals surface area contributed by atoms with Gasteiger partial charge in [-0.2, -0.15) is 0 Å². The monoisotopic (exact) mass is 378 g/mol. The quantitative estimate of drug-likeness (QED) is 0.825. The molecule has 26 heavy (non-hydrogen) atoms. The summed E-state index contributed by atoms with van der Waals surface area (Å²) in [5.41, 5.74) is 0.769. The van der Waals surface area contributed by atoms with E-state index < -0.39 is 5.97 Å². The van der Waals surface area contributed by atoms with Gasteiger partial charge in [0.25, 0.3) is 5.91 Å². The Bertz CT molecular complexity index is 789. The van der Waals surface area contributed by atoms with E-state index in [4.69, 9.17) is 21.4 Å². The molecule has 1 aliphatic heterocycles. The lowest BCUT2D eigenvalue weighted by atomic mass is 10.1. The Balaban J connectivity index is 1.82. The summed E-state index contributed by atoms with van der Waals surface area (Å²) in [6.07, 6.45) is 2.73. The smallest absolute Gasteiger partial charge is 0.305 e. The molecule has 1 aromatic heterocycles. The molecule has 0 unspecified atom stereocenters. The van der Waals surface area contributed by atoms with Crippen LogP contribution in [-0.4, -0.2) is 62.7 Å². The number of nitrogens with zero attached hydrogens (tertiary/aromatic N) is 4. The average Bonchev–Trinajstić information content (AvgIpc) is 3.12. The van der Waals surface area contributed by atoms with Crippen LogP contribution in [0.1, 0.15) is 29.8 Å². The molecular formula is C17H19ClN4O4. The Kier molecular flexibility index (Phi) is 5.85. The Labute approximate surface area is 155 Å². The van der Waals surface area contributed by atoms with Gasteiger partial charge in [-0.1, -0.05) is 28.9 Å². The maximum atomic E-state index is 12.9. The minimum Gasteiger partial charge on any atom is -0.481 e. The van der Waals surface area contributed by atoms with Gasteiger partial charge in [0.15, 0.2) is 5.69 Å². The molecule has 0 atom stereocenters. The highest BCUT2D eigenvalue weighted by molar-refractivity contribution is 6.32. The molecule has 1 fully saturated rings. The molecule has 138 valence electrons. The summed E-state index contributed by atoms with van der Waals surface area (Å²) in [6.45, 7) is 1.22. The lowest BCUT2D eigenvalue weighted by Crippen LogP contribution is -2.44. The van der Waals surface area contributed by atoms with Crippen LogP contribution in [0.4, 0.5) is 0 Å². The first kappa shape index (κ1) is 18.3. The van der Waals surface area contributed by atoms with Gasteiger partial charge in [0.1, 0.15) is 0 Å². The zero-order valence-corrected chi connectivity index (χ0v) is 14.8. The Morgan fingerprint density at radius 3 is 2.73 bits per heavy atom. The maximum absolute atomic E-state index is 12.9. The van der Waals surface area contributed by atoms with Crippen LogP contribution in [-0.2, 0) is 9.53 Å². The summed E-state index contributed by atoms with van der Waals surface area (Å²) in [4.78, 5) is 25.5. The lowest BCUT2D eigenvalue weighted by molar-refractivity contribution is -0.137. The highest BCUT2D eigenvalue weighted by Gasteiger charge is 2.28. The number of para-hydroxylation sites is 1. The second-order valence-corrected chi connectivity index (χ2v) is 6.39. The second-order valence-electron chi connectivity index (χ2n) is 5.99. The molecule has 0 aliphatic carbocycles.